The molecule has 0 spiro atoms. The average molecular weight is 367 g/mol. The van der Waals surface area contributed by atoms with Crippen LogP contribution in [0.15, 0.2) is 42.5 Å². The SMILES string of the molecule is COc1cccc2c1N(C(=O)c1ccc(OCC3CCCO3)cc1)CCC2. The van der Waals surface area contributed by atoms with Gasteiger partial charge in [-0.15, -0.1) is 0 Å². The highest BCUT2D eigenvalue weighted by atomic mass is 16.5. The maximum Gasteiger partial charge on any atom is 0.258 e. The van der Waals surface area contributed by atoms with Gasteiger partial charge in [-0.1, -0.05) is 12.1 Å². The molecule has 0 saturated carbocycles. The Kier molecular flexibility index (Phi) is 5.30. The number of hydrogen-bond acceptors (Lipinski definition) is 4. The molecule has 1 amide bonds. The number of amides is 1. The average Bonchev–Trinajstić information content (AvgIpc) is 3.25. The van der Waals surface area contributed by atoms with Gasteiger partial charge in [0.2, 0.25) is 0 Å². The highest BCUT2D eigenvalue weighted by molar-refractivity contribution is 6.07. The Morgan fingerprint density at radius 2 is 2.04 bits per heavy atom. The van der Waals surface area contributed by atoms with E-state index in [2.05, 4.69) is 6.07 Å². The normalized spacial score (nSPS) is 18.9. The molecule has 2 aromatic rings. The van der Waals surface area contributed by atoms with E-state index >= 15 is 0 Å². The van der Waals surface area contributed by atoms with E-state index in [0.717, 1.165) is 55.0 Å². The van der Waals surface area contributed by atoms with Crippen LogP contribution in [0.25, 0.3) is 0 Å². The topological polar surface area (TPSA) is 48.0 Å². The first-order valence-electron chi connectivity index (χ1n) is 9.58. The molecule has 1 saturated heterocycles. The Bertz CT molecular complexity index is 782. The van der Waals surface area contributed by atoms with Crippen LogP contribution in [0.2, 0.25) is 0 Å². The minimum Gasteiger partial charge on any atom is -0.495 e. The van der Waals surface area contributed by atoms with Gasteiger partial charge in [0, 0.05) is 18.7 Å². The molecule has 4 rings (SSSR count). The molecule has 5 heteroatoms. The molecule has 2 heterocycles. The van der Waals surface area contributed by atoms with Crippen LogP contribution in [0, 0.1) is 0 Å². The predicted octanol–water partition coefficient (Wildman–Crippen LogP) is 3.85. The molecule has 2 aliphatic heterocycles. The van der Waals surface area contributed by atoms with Crippen LogP contribution in [0.3, 0.4) is 0 Å². The first-order chi connectivity index (χ1) is 13.3. The number of anilines is 1. The van der Waals surface area contributed by atoms with Crippen molar-refractivity contribution < 1.29 is 19.0 Å². The summed E-state index contributed by atoms with van der Waals surface area (Å²) in [7, 11) is 1.65. The van der Waals surface area contributed by atoms with Gasteiger partial charge in [0.25, 0.3) is 5.91 Å². The molecule has 0 radical (unpaired) electrons. The molecule has 0 aliphatic carbocycles. The number of fused-ring (bicyclic) bond motifs is 1. The quantitative estimate of drug-likeness (QED) is 0.805. The lowest BCUT2D eigenvalue weighted by Gasteiger charge is -2.31. The summed E-state index contributed by atoms with van der Waals surface area (Å²) >= 11 is 0. The number of aryl methyl sites for hydroxylation is 1. The van der Waals surface area contributed by atoms with Gasteiger partial charge in [-0.25, -0.2) is 0 Å². The first kappa shape index (κ1) is 17.9. The lowest BCUT2D eigenvalue weighted by atomic mass is 10.00. The molecular weight excluding hydrogens is 342 g/mol. The lowest BCUT2D eigenvalue weighted by Crippen LogP contribution is -2.35. The molecule has 0 bridgehead atoms. The van der Waals surface area contributed by atoms with Crippen LogP contribution in [0.1, 0.15) is 35.2 Å². The molecule has 0 N–H and O–H groups in total. The number of hydrogen-bond donors (Lipinski definition) is 0. The van der Waals surface area contributed by atoms with E-state index in [1.807, 2.05) is 41.3 Å². The molecule has 5 nitrogen and oxygen atoms in total. The molecule has 27 heavy (non-hydrogen) atoms. The summed E-state index contributed by atoms with van der Waals surface area (Å²) < 4.78 is 16.9. The van der Waals surface area contributed by atoms with Gasteiger partial charge in [-0.2, -0.15) is 0 Å². The number of carbonyl (C=O) groups excluding carboxylic acids is 1. The number of rotatable bonds is 5. The Labute approximate surface area is 159 Å². The second-order valence-corrected chi connectivity index (χ2v) is 7.00. The Balaban J connectivity index is 1.49. The zero-order valence-corrected chi connectivity index (χ0v) is 15.6. The van der Waals surface area contributed by atoms with E-state index in [-0.39, 0.29) is 12.0 Å². The smallest absolute Gasteiger partial charge is 0.258 e. The monoisotopic (exact) mass is 367 g/mol. The summed E-state index contributed by atoms with van der Waals surface area (Å²) in [5, 5.41) is 0. The van der Waals surface area contributed by atoms with E-state index in [9.17, 15) is 4.79 Å². The van der Waals surface area contributed by atoms with Crippen molar-refractivity contribution in [3.05, 3.63) is 53.6 Å². The third kappa shape index (κ3) is 3.78. The Hall–Kier alpha value is -2.53. The molecule has 2 aliphatic rings. The zero-order valence-electron chi connectivity index (χ0n) is 15.6. The second-order valence-electron chi connectivity index (χ2n) is 7.00. The van der Waals surface area contributed by atoms with Crippen LogP contribution in [-0.2, 0) is 11.2 Å². The van der Waals surface area contributed by atoms with Crippen LogP contribution >= 0.6 is 0 Å². The Morgan fingerprint density at radius 1 is 1.19 bits per heavy atom. The van der Waals surface area contributed by atoms with Crippen molar-refractivity contribution in [3.8, 4) is 11.5 Å². The number of ether oxygens (including phenoxy) is 3. The van der Waals surface area contributed by atoms with Crippen molar-refractivity contribution in [1.82, 2.24) is 0 Å². The molecular formula is C22H25NO4. The maximum absolute atomic E-state index is 13.1. The third-order valence-corrected chi connectivity index (χ3v) is 5.21. The van der Waals surface area contributed by atoms with E-state index in [1.165, 1.54) is 0 Å². The standard InChI is InChI=1S/C22H25NO4/c1-25-20-8-2-5-16-6-3-13-23(21(16)20)22(24)17-9-11-18(12-10-17)27-15-19-7-4-14-26-19/h2,5,8-12,19H,3-4,6-7,13-15H2,1H3. The molecule has 142 valence electrons. The summed E-state index contributed by atoms with van der Waals surface area (Å²) in [5.74, 6) is 1.50. The highest BCUT2D eigenvalue weighted by Crippen LogP contribution is 2.37. The Morgan fingerprint density at radius 3 is 2.78 bits per heavy atom. The summed E-state index contributed by atoms with van der Waals surface area (Å²) in [6.45, 7) is 2.08. The number of para-hydroxylation sites is 1. The van der Waals surface area contributed by atoms with Crippen LogP contribution in [0.5, 0.6) is 11.5 Å². The zero-order chi connectivity index (χ0) is 18.6. The lowest BCUT2D eigenvalue weighted by molar-refractivity contribution is 0.0679. The number of nitrogens with zero attached hydrogens (tertiary/aromatic N) is 1. The first-order valence-corrected chi connectivity index (χ1v) is 9.58. The fourth-order valence-corrected chi connectivity index (χ4v) is 3.80. The number of benzene rings is 2. The third-order valence-electron chi connectivity index (χ3n) is 5.21. The van der Waals surface area contributed by atoms with Crippen molar-refractivity contribution in [2.45, 2.75) is 31.8 Å². The van der Waals surface area contributed by atoms with Crippen molar-refractivity contribution in [2.75, 3.05) is 31.8 Å². The molecule has 1 atom stereocenters. The fourth-order valence-electron chi connectivity index (χ4n) is 3.80. The van der Waals surface area contributed by atoms with Crippen LogP contribution < -0.4 is 14.4 Å². The predicted molar refractivity (Wildman–Crippen MR) is 104 cm³/mol. The van der Waals surface area contributed by atoms with Crippen LogP contribution in [0.4, 0.5) is 5.69 Å². The van der Waals surface area contributed by atoms with Crippen LogP contribution in [-0.4, -0.2) is 38.9 Å². The second kappa shape index (κ2) is 8.01. The molecule has 0 aromatic heterocycles. The van der Waals surface area contributed by atoms with Gasteiger partial charge in [-0.3, -0.25) is 4.79 Å². The molecule has 2 aromatic carbocycles. The maximum atomic E-state index is 13.1. The van der Waals surface area contributed by atoms with Crippen molar-refractivity contribution in [2.24, 2.45) is 0 Å². The number of methoxy groups -OCH3 is 1. The largest absolute Gasteiger partial charge is 0.495 e. The molecule has 1 unspecified atom stereocenters. The van der Waals surface area contributed by atoms with Gasteiger partial charge < -0.3 is 19.1 Å². The summed E-state index contributed by atoms with van der Waals surface area (Å²) in [5.41, 5.74) is 2.71. The molecule has 1 fully saturated rings. The minimum absolute atomic E-state index is 0.00822. The summed E-state index contributed by atoms with van der Waals surface area (Å²) in [6, 6.07) is 13.3. The van der Waals surface area contributed by atoms with Gasteiger partial charge in [0.05, 0.1) is 18.9 Å². The van der Waals surface area contributed by atoms with Crippen molar-refractivity contribution >= 4 is 11.6 Å². The van der Waals surface area contributed by atoms with E-state index in [0.29, 0.717) is 18.7 Å². The summed E-state index contributed by atoms with van der Waals surface area (Å²) in [4.78, 5) is 15.0. The summed E-state index contributed by atoms with van der Waals surface area (Å²) in [6.07, 6.45) is 4.25. The minimum atomic E-state index is -0.00822. The van der Waals surface area contributed by atoms with Crippen molar-refractivity contribution in [1.29, 1.82) is 0 Å². The van der Waals surface area contributed by atoms with Gasteiger partial charge in [-0.05, 0) is 61.6 Å². The fraction of sp³-hybridized carbons (Fsp3) is 0.409. The van der Waals surface area contributed by atoms with E-state index in [4.69, 9.17) is 14.2 Å². The number of carbonyl (C=O) groups is 1. The van der Waals surface area contributed by atoms with Crippen molar-refractivity contribution in [3.63, 3.8) is 0 Å². The highest BCUT2D eigenvalue weighted by Gasteiger charge is 2.26. The van der Waals surface area contributed by atoms with Gasteiger partial charge in [0.15, 0.2) is 0 Å². The van der Waals surface area contributed by atoms with Gasteiger partial charge in [0.1, 0.15) is 18.1 Å². The van der Waals surface area contributed by atoms with Gasteiger partial charge >= 0.3 is 0 Å². The van der Waals surface area contributed by atoms with E-state index in [1.54, 1.807) is 7.11 Å². The van der Waals surface area contributed by atoms with E-state index < -0.39 is 0 Å².